The van der Waals surface area contributed by atoms with Crippen LogP contribution in [0.5, 0.6) is 0 Å². The van der Waals surface area contributed by atoms with Crippen LogP contribution in [0.2, 0.25) is 0 Å². The summed E-state index contributed by atoms with van der Waals surface area (Å²) in [4.78, 5) is 10.6. The summed E-state index contributed by atoms with van der Waals surface area (Å²) < 4.78 is 5.80. The van der Waals surface area contributed by atoms with Crippen LogP contribution in [0, 0.1) is 0 Å². The fourth-order valence-electron chi connectivity index (χ4n) is 0.976. The Kier molecular flexibility index (Phi) is 5.43. The van der Waals surface area contributed by atoms with Crippen LogP contribution in [-0.4, -0.2) is 17.4 Å². The SMILES string of the molecule is O=C(Cc1ccc(Br)cc1)OCC(Cl)Cl. The molecule has 1 rings (SSSR count). The van der Waals surface area contributed by atoms with E-state index in [0.29, 0.717) is 0 Å². The Morgan fingerprint density at radius 1 is 1.33 bits per heavy atom. The predicted molar refractivity (Wildman–Crippen MR) is 64.3 cm³/mol. The minimum Gasteiger partial charge on any atom is -0.463 e. The number of carbonyl (C=O) groups excluding carboxylic acids is 1. The third-order valence-corrected chi connectivity index (χ3v) is 2.41. The van der Waals surface area contributed by atoms with Crippen molar-refractivity contribution < 1.29 is 9.53 Å². The molecule has 0 aliphatic heterocycles. The highest BCUT2D eigenvalue weighted by Gasteiger charge is 2.07. The Labute approximate surface area is 107 Å². The van der Waals surface area contributed by atoms with Crippen LogP contribution in [0.15, 0.2) is 28.7 Å². The Hall–Kier alpha value is -0.250. The maximum atomic E-state index is 11.3. The number of alkyl halides is 2. The summed E-state index contributed by atoms with van der Waals surface area (Å²) in [5.41, 5.74) is 0.892. The fraction of sp³-hybridized carbons (Fsp3) is 0.300. The molecule has 82 valence electrons. The molecule has 0 atom stereocenters. The van der Waals surface area contributed by atoms with Crippen LogP contribution in [0.25, 0.3) is 0 Å². The lowest BCUT2D eigenvalue weighted by molar-refractivity contribution is -0.142. The van der Waals surface area contributed by atoms with Gasteiger partial charge in [-0.15, -0.1) is 23.2 Å². The number of halogens is 3. The van der Waals surface area contributed by atoms with Crippen LogP contribution in [0.4, 0.5) is 0 Å². The van der Waals surface area contributed by atoms with Gasteiger partial charge in [0.25, 0.3) is 0 Å². The van der Waals surface area contributed by atoms with Gasteiger partial charge in [-0.3, -0.25) is 4.79 Å². The molecule has 0 aliphatic carbocycles. The maximum absolute atomic E-state index is 11.3. The van der Waals surface area contributed by atoms with Gasteiger partial charge in [-0.25, -0.2) is 0 Å². The van der Waals surface area contributed by atoms with Gasteiger partial charge in [0.05, 0.1) is 6.42 Å². The zero-order chi connectivity index (χ0) is 11.3. The lowest BCUT2D eigenvalue weighted by Gasteiger charge is -2.04. The molecule has 0 heterocycles. The molecule has 0 saturated heterocycles. The lowest BCUT2D eigenvalue weighted by Crippen LogP contribution is -2.12. The van der Waals surface area contributed by atoms with Crippen molar-refractivity contribution in [1.82, 2.24) is 0 Å². The van der Waals surface area contributed by atoms with E-state index in [1.807, 2.05) is 24.3 Å². The third-order valence-electron chi connectivity index (χ3n) is 1.63. The van der Waals surface area contributed by atoms with Crippen LogP contribution >= 0.6 is 39.1 Å². The Morgan fingerprint density at radius 2 is 1.93 bits per heavy atom. The smallest absolute Gasteiger partial charge is 0.310 e. The highest BCUT2D eigenvalue weighted by atomic mass is 79.9. The number of esters is 1. The zero-order valence-electron chi connectivity index (χ0n) is 7.75. The summed E-state index contributed by atoms with van der Waals surface area (Å²) in [7, 11) is 0. The first-order valence-electron chi connectivity index (χ1n) is 4.26. The van der Waals surface area contributed by atoms with Gasteiger partial charge in [0.2, 0.25) is 0 Å². The molecule has 0 aliphatic rings. The van der Waals surface area contributed by atoms with Crippen molar-refractivity contribution >= 4 is 45.1 Å². The van der Waals surface area contributed by atoms with Gasteiger partial charge < -0.3 is 4.74 Å². The molecular weight excluding hydrogens is 303 g/mol. The molecule has 0 fully saturated rings. The highest BCUT2D eigenvalue weighted by molar-refractivity contribution is 9.10. The summed E-state index contributed by atoms with van der Waals surface area (Å²) >= 11 is 14.2. The van der Waals surface area contributed by atoms with Crippen molar-refractivity contribution in [3.8, 4) is 0 Å². The third kappa shape index (κ3) is 5.40. The van der Waals surface area contributed by atoms with Crippen molar-refractivity contribution in [2.75, 3.05) is 6.61 Å². The first-order valence-corrected chi connectivity index (χ1v) is 5.92. The molecule has 15 heavy (non-hydrogen) atoms. The summed E-state index contributed by atoms with van der Waals surface area (Å²) in [6.07, 6.45) is 0.230. The number of ether oxygens (including phenoxy) is 1. The van der Waals surface area contributed by atoms with Crippen molar-refractivity contribution in [2.45, 2.75) is 11.3 Å². The molecule has 1 aromatic carbocycles. The van der Waals surface area contributed by atoms with E-state index in [1.54, 1.807) is 0 Å². The predicted octanol–water partition coefficient (Wildman–Crippen LogP) is 3.34. The highest BCUT2D eigenvalue weighted by Crippen LogP contribution is 2.11. The van der Waals surface area contributed by atoms with Gasteiger partial charge in [-0.05, 0) is 17.7 Å². The Balaban J connectivity index is 2.41. The fourth-order valence-corrected chi connectivity index (χ4v) is 1.37. The van der Waals surface area contributed by atoms with Crippen LogP contribution in [0.3, 0.4) is 0 Å². The molecule has 0 N–H and O–H groups in total. The molecule has 0 amide bonds. The van der Waals surface area contributed by atoms with Crippen molar-refractivity contribution in [3.63, 3.8) is 0 Å². The van der Waals surface area contributed by atoms with E-state index in [4.69, 9.17) is 27.9 Å². The first kappa shape index (κ1) is 12.8. The molecule has 0 spiro atoms. The quantitative estimate of drug-likeness (QED) is 0.630. The average molecular weight is 312 g/mol. The van der Waals surface area contributed by atoms with E-state index in [9.17, 15) is 4.79 Å². The van der Waals surface area contributed by atoms with E-state index in [0.717, 1.165) is 10.0 Å². The van der Waals surface area contributed by atoms with E-state index in [-0.39, 0.29) is 19.0 Å². The number of carbonyl (C=O) groups is 1. The van der Waals surface area contributed by atoms with E-state index in [2.05, 4.69) is 15.9 Å². The summed E-state index contributed by atoms with van der Waals surface area (Å²) in [5.74, 6) is -0.330. The zero-order valence-corrected chi connectivity index (χ0v) is 10.8. The average Bonchev–Trinajstić information content (AvgIpc) is 2.19. The number of hydrogen-bond acceptors (Lipinski definition) is 2. The standard InChI is InChI=1S/C10H9BrCl2O2/c11-8-3-1-7(2-4-8)5-10(14)15-6-9(12)13/h1-4,9H,5-6H2. The minimum atomic E-state index is -0.668. The number of hydrogen-bond donors (Lipinski definition) is 0. The first-order chi connectivity index (χ1) is 7.08. The molecular formula is C10H9BrCl2O2. The van der Waals surface area contributed by atoms with Crippen molar-refractivity contribution in [1.29, 1.82) is 0 Å². The summed E-state index contributed by atoms with van der Waals surface area (Å²) in [6.45, 7) is 0.0263. The molecule has 5 heteroatoms. The lowest BCUT2D eigenvalue weighted by atomic mass is 10.2. The molecule has 1 aromatic rings. The minimum absolute atomic E-state index is 0.0263. The normalized spacial score (nSPS) is 10.4. The van der Waals surface area contributed by atoms with Crippen molar-refractivity contribution in [2.24, 2.45) is 0 Å². The Morgan fingerprint density at radius 3 is 2.47 bits per heavy atom. The van der Waals surface area contributed by atoms with Crippen LogP contribution < -0.4 is 0 Å². The van der Waals surface area contributed by atoms with E-state index in [1.165, 1.54) is 0 Å². The molecule has 0 unspecified atom stereocenters. The Bertz CT molecular complexity index is 325. The van der Waals surface area contributed by atoms with Crippen molar-refractivity contribution in [3.05, 3.63) is 34.3 Å². The number of benzene rings is 1. The van der Waals surface area contributed by atoms with Gasteiger partial charge in [0.1, 0.15) is 11.4 Å². The van der Waals surface area contributed by atoms with E-state index < -0.39 is 4.84 Å². The second kappa shape index (κ2) is 6.36. The second-order valence-corrected chi connectivity index (χ2v) is 5.07. The largest absolute Gasteiger partial charge is 0.463 e. The van der Waals surface area contributed by atoms with Gasteiger partial charge in [-0.2, -0.15) is 0 Å². The summed E-state index contributed by atoms with van der Waals surface area (Å²) in [6, 6.07) is 7.44. The molecule has 0 aromatic heterocycles. The topological polar surface area (TPSA) is 26.3 Å². The van der Waals surface area contributed by atoms with Crippen LogP contribution in [-0.2, 0) is 16.0 Å². The van der Waals surface area contributed by atoms with Gasteiger partial charge in [-0.1, -0.05) is 28.1 Å². The molecule has 0 bridgehead atoms. The van der Waals surface area contributed by atoms with E-state index >= 15 is 0 Å². The molecule has 2 nitrogen and oxygen atoms in total. The van der Waals surface area contributed by atoms with Gasteiger partial charge in [0, 0.05) is 4.47 Å². The maximum Gasteiger partial charge on any atom is 0.310 e. The van der Waals surface area contributed by atoms with Gasteiger partial charge in [0.15, 0.2) is 0 Å². The number of rotatable bonds is 4. The van der Waals surface area contributed by atoms with Gasteiger partial charge >= 0.3 is 5.97 Å². The molecule has 0 saturated carbocycles. The monoisotopic (exact) mass is 310 g/mol. The molecule has 0 radical (unpaired) electrons. The second-order valence-electron chi connectivity index (χ2n) is 2.88. The van der Waals surface area contributed by atoms with Crippen LogP contribution in [0.1, 0.15) is 5.56 Å². The summed E-state index contributed by atoms with van der Waals surface area (Å²) in [5, 5.41) is 0.